The number of halogens is 1. The monoisotopic (exact) mass is 308 g/mol. The molecule has 0 aromatic heterocycles. The Hall–Kier alpha value is -2.54. The second-order valence-electron chi connectivity index (χ2n) is 4.27. The fourth-order valence-electron chi connectivity index (χ4n) is 1.95. The van der Waals surface area contributed by atoms with E-state index >= 15 is 0 Å². The molecular formula is C13H9ClN2O5. The van der Waals surface area contributed by atoms with Crippen LogP contribution in [-0.2, 0) is 9.59 Å². The maximum Gasteiger partial charge on any atom is 0.341 e. The molecule has 0 saturated heterocycles. The molecular weight excluding hydrogens is 300 g/mol. The van der Waals surface area contributed by atoms with Crippen LogP contribution >= 0.6 is 11.6 Å². The maximum atomic E-state index is 11.7. The molecule has 2 N–H and O–H groups in total. The molecule has 1 aromatic carbocycles. The third-order valence-electron chi connectivity index (χ3n) is 2.88. The van der Waals surface area contributed by atoms with E-state index in [0.717, 1.165) is 0 Å². The number of carbonyl (C=O) groups excluding carboxylic acids is 1. The van der Waals surface area contributed by atoms with Gasteiger partial charge in [0.1, 0.15) is 23.0 Å². The summed E-state index contributed by atoms with van der Waals surface area (Å²) >= 11 is 6.15. The van der Waals surface area contributed by atoms with Gasteiger partial charge in [-0.1, -0.05) is 11.6 Å². The number of carbonyl (C=O) groups is 2. The smallest absolute Gasteiger partial charge is 0.341 e. The van der Waals surface area contributed by atoms with Crippen molar-refractivity contribution in [3.63, 3.8) is 0 Å². The third-order valence-corrected chi connectivity index (χ3v) is 3.24. The highest BCUT2D eigenvalue weighted by molar-refractivity contribution is 6.35. The van der Waals surface area contributed by atoms with E-state index in [1.807, 2.05) is 0 Å². The number of hydrogen-bond donors (Lipinski definition) is 2. The van der Waals surface area contributed by atoms with Gasteiger partial charge in [0.25, 0.3) is 5.91 Å². The van der Waals surface area contributed by atoms with Crippen molar-refractivity contribution in [2.24, 2.45) is 4.99 Å². The fraction of sp³-hybridized carbons (Fsp3) is 0.154. The summed E-state index contributed by atoms with van der Waals surface area (Å²) in [6, 6.07) is 3.15. The molecule has 0 atom stereocenters. The van der Waals surface area contributed by atoms with Gasteiger partial charge in [0, 0.05) is 5.56 Å². The third kappa shape index (κ3) is 2.43. The molecule has 0 aliphatic carbocycles. The Morgan fingerprint density at radius 2 is 2.33 bits per heavy atom. The SMILES string of the molecule is O=C(O)COc1ccc2c(c1Cl)OC1=NCNC(=O)C1=C2. The predicted octanol–water partition coefficient (Wildman–Crippen LogP) is 1.06. The largest absolute Gasteiger partial charge is 0.480 e. The average molecular weight is 309 g/mol. The van der Waals surface area contributed by atoms with Crippen LogP contribution in [0.2, 0.25) is 5.02 Å². The van der Waals surface area contributed by atoms with Crippen molar-refractivity contribution in [1.82, 2.24) is 5.32 Å². The number of aliphatic imine (C=N–C) groups is 1. The zero-order chi connectivity index (χ0) is 15.0. The Bertz CT molecular complexity index is 711. The van der Waals surface area contributed by atoms with Crippen molar-refractivity contribution < 1.29 is 24.2 Å². The standard InChI is InChI=1S/C13H9ClN2O5/c14-10-8(20-4-9(17)18)2-1-6-3-7-12(19)15-5-16-13(7)21-11(6)10/h1-3H,4-5H2,(H,15,19)(H,17,18). The number of carboxylic acid groups (broad SMARTS) is 1. The topological polar surface area (TPSA) is 97.2 Å². The lowest BCUT2D eigenvalue weighted by Gasteiger charge is -2.23. The molecule has 1 amide bonds. The molecule has 0 unspecified atom stereocenters. The van der Waals surface area contributed by atoms with Crippen LogP contribution in [0.5, 0.6) is 11.5 Å². The molecule has 1 aromatic rings. The molecule has 8 heteroatoms. The number of ether oxygens (including phenoxy) is 2. The van der Waals surface area contributed by atoms with Gasteiger partial charge in [-0.2, -0.15) is 0 Å². The molecule has 2 aliphatic rings. The van der Waals surface area contributed by atoms with Gasteiger partial charge in [-0.3, -0.25) is 4.79 Å². The first-order valence-electron chi connectivity index (χ1n) is 5.96. The second kappa shape index (κ2) is 5.10. The molecule has 0 saturated carbocycles. The number of nitrogens with zero attached hydrogens (tertiary/aromatic N) is 1. The van der Waals surface area contributed by atoms with Crippen LogP contribution in [-0.4, -0.2) is 36.2 Å². The van der Waals surface area contributed by atoms with Gasteiger partial charge in [0.2, 0.25) is 5.90 Å². The minimum Gasteiger partial charge on any atom is -0.480 e. The molecule has 3 rings (SSSR count). The number of benzene rings is 1. The lowest BCUT2D eigenvalue weighted by atomic mass is 10.1. The van der Waals surface area contributed by atoms with Gasteiger partial charge in [-0.15, -0.1) is 0 Å². The lowest BCUT2D eigenvalue weighted by Crippen LogP contribution is -2.37. The minimum atomic E-state index is -1.11. The van der Waals surface area contributed by atoms with Crippen molar-refractivity contribution in [1.29, 1.82) is 0 Å². The van der Waals surface area contributed by atoms with Crippen LogP contribution in [0.15, 0.2) is 22.7 Å². The van der Waals surface area contributed by atoms with Gasteiger partial charge in [-0.05, 0) is 18.2 Å². The van der Waals surface area contributed by atoms with Gasteiger partial charge in [0.05, 0.1) is 0 Å². The number of nitrogens with one attached hydrogen (secondary N) is 1. The summed E-state index contributed by atoms with van der Waals surface area (Å²) in [5, 5.41) is 11.3. The molecule has 2 aliphatic heterocycles. The Labute approximate surface area is 123 Å². The van der Waals surface area contributed by atoms with Crippen molar-refractivity contribution in [2.45, 2.75) is 0 Å². The van der Waals surface area contributed by atoms with E-state index in [0.29, 0.717) is 11.1 Å². The summed E-state index contributed by atoms with van der Waals surface area (Å²) in [7, 11) is 0. The van der Waals surface area contributed by atoms with Crippen LogP contribution in [0.25, 0.3) is 6.08 Å². The summed E-state index contributed by atoms with van der Waals surface area (Å²) in [6.45, 7) is -0.378. The number of hydrogen-bond acceptors (Lipinski definition) is 5. The summed E-state index contributed by atoms with van der Waals surface area (Å²) < 4.78 is 10.6. The molecule has 108 valence electrons. The van der Waals surface area contributed by atoms with Gasteiger partial charge >= 0.3 is 5.97 Å². The van der Waals surface area contributed by atoms with Crippen molar-refractivity contribution in [3.05, 3.63) is 28.3 Å². The Balaban J connectivity index is 1.99. The molecule has 21 heavy (non-hydrogen) atoms. The summed E-state index contributed by atoms with van der Waals surface area (Å²) in [5.74, 6) is -0.719. The Morgan fingerprint density at radius 3 is 3.10 bits per heavy atom. The first-order valence-corrected chi connectivity index (χ1v) is 6.33. The highest BCUT2D eigenvalue weighted by Crippen LogP contribution is 2.40. The van der Waals surface area contributed by atoms with E-state index in [2.05, 4.69) is 10.3 Å². The normalized spacial score (nSPS) is 15.8. The molecule has 0 radical (unpaired) electrons. The van der Waals surface area contributed by atoms with E-state index in [-0.39, 0.29) is 35.0 Å². The first-order chi connectivity index (χ1) is 10.1. The van der Waals surface area contributed by atoms with Crippen molar-refractivity contribution >= 4 is 35.5 Å². The van der Waals surface area contributed by atoms with Gasteiger partial charge < -0.3 is 19.9 Å². The van der Waals surface area contributed by atoms with E-state index < -0.39 is 12.6 Å². The number of rotatable bonds is 3. The average Bonchev–Trinajstić information content (AvgIpc) is 2.46. The van der Waals surface area contributed by atoms with Crippen molar-refractivity contribution in [2.75, 3.05) is 13.3 Å². The van der Waals surface area contributed by atoms with Crippen LogP contribution in [0.1, 0.15) is 5.56 Å². The van der Waals surface area contributed by atoms with Gasteiger partial charge in [-0.25, -0.2) is 9.79 Å². The number of amides is 1. The van der Waals surface area contributed by atoms with Crippen LogP contribution in [0.4, 0.5) is 0 Å². The van der Waals surface area contributed by atoms with Crippen LogP contribution in [0, 0.1) is 0 Å². The van der Waals surface area contributed by atoms with Crippen LogP contribution in [0.3, 0.4) is 0 Å². The van der Waals surface area contributed by atoms with Crippen molar-refractivity contribution in [3.8, 4) is 11.5 Å². The quantitative estimate of drug-likeness (QED) is 0.870. The van der Waals surface area contributed by atoms with Crippen LogP contribution < -0.4 is 14.8 Å². The molecule has 7 nitrogen and oxygen atoms in total. The predicted molar refractivity (Wildman–Crippen MR) is 73.6 cm³/mol. The van der Waals surface area contributed by atoms with Gasteiger partial charge in [0.15, 0.2) is 12.4 Å². The van der Waals surface area contributed by atoms with E-state index in [1.165, 1.54) is 6.07 Å². The molecule has 0 spiro atoms. The minimum absolute atomic E-state index is 0.133. The molecule has 0 fully saturated rings. The lowest BCUT2D eigenvalue weighted by molar-refractivity contribution is -0.139. The van der Waals surface area contributed by atoms with E-state index in [9.17, 15) is 9.59 Å². The molecule has 0 bridgehead atoms. The van der Waals surface area contributed by atoms with E-state index in [4.69, 9.17) is 26.2 Å². The zero-order valence-corrected chi connectivity index (χ0v) is 11.3. The summed E-state index contributed by atoms with van der Waals surface area (Å²) in [6.07, 6.45) is 1.61. The highest BCUT2D eigenvalue weighted by atomic mass is 35.5. The number of aliphatic carboxylic acids is 1. The Kier molecular flexibility index (Phi) is 3.26. The zero-order valence-electron chi connectivity index (χ0n) is 10.6. The molecule has 2 heterocycles. The Morgan fingerprint density at radius 1 is 1.52 bits per heavy atom. The number of carboxylic acids is 1. The van der Waals surface area contributed by atoms with E-state index in [1.54, 1.807) is 12.1 Å². The summed E-state index contributed by atoms with van der Waals surface area (Å²) in [4.78, 5) is 26.3. The fourth-order valence-corrected chi connectivity index (χ4v) is 2.21. The number of fused-ring (bicyclic) bond motifs is 2. The second-order valence-corrected chi connectivity index (χ2v) is 4.64. The maximum absolute atomic E-state index is 11.7. The summed E-state index contributed by atoms with van der Waals surface area (Å²) in [5.41, 5.74) is 0.915. The highest BCUT2D eigenvalue weighted by Gasteiger charge is 2.29. The first kappa shape index (κ1) is 13.4.